The summed E-state index contributed by atoms with van der Waals surface area (Å²) in [4.78, 5) is 12.8. The standard InChI is InChI=1S/C20H16O3/c21-18-9-5-7-14-16(18)12-15-13(19(14)22)6-4-8-17(15)20(23)10-2-1-3-11-20/h1-10,21,23H,11-12H2. The fourth-order valence-corrected chi connectivity index (χ4v) is 3.50. The molecule has 2 N–H and O–H groups in total. The van der Waals surface area contributed by atoms with Crippen LogP contribution in [0.15, 0.2) is 60.7 Å². The first-order chi connectivity index (χ1) is 11.1. The number of fused-ring (bicyclic) bond motifs is 2. The predicted octanol–water partition coefficient (Wildman–Crippen LogP) is 3.23. The average Bonchev–Trinajstić information content (AvgIpc) is 2.56. The maximum Gasteiger partial charge on any atom is 0.193 e. The van der Waals surface area contributed by atoms with Gasteiger partial charge in [0, 0.05) is 29.5 Å². The number of hydrogen-bond donors (Lipinski definition) is 2. The number of carbonyl (C=O) groups excluding carboxylic acids is 1. The van der Waals surface area contributed by atoms with Crippen LogP contribution >= 0.6 is 0 Å². The number of allylic oxidation sites excluding steroid dienone is 2. The highest BCUT2D eigenvalue weighted by Gasteiger charge is 2.34. The first-order valence-corrected chi connectivity index (χ1v) is 7.65. The van der Waals surface area contributed by atoms with E-state index in [2.05, 4.69) is 0 Å². The molecule has 23 heavy (non-hydrogen) atoms. The smallest absolute Gasteiger partial charge is 0.193 e. The molecule has 0 aromatic heterocycles. The van der Waals surface area contributed by atoms with Crippen molar-refractivity contribution in [3.63, 3.8) is 0 Å². The molecular weight excluding hydrogens is 288 g/mol. The van der Waals surface area contributed by atoms with Crippen LogP contribution in [-0.4, -0.2) is 16.0 Å². The van der Waals surface area contributed by atoms with E-state index in [1.54, 1.807) is 30.3 Å². The van der Waals surface area contributed by atoms with Crippen LogP contribution in [0.2, 0.25) is 0 Å². The Labute approximate surface area is 134 Å². The molecule has 0 amide bonds. The molecule has 2 aromatic carbocycles. The van der Waals surface area contributed by atoms with E-state index in [1.165, 1.54) is 0 Å². The maximum absolute atomic E-state index is 12.8. The maximum atomic E-state index is 12.8. The van der Waals surface area contributed by atoms with E-state index in [9.17, 15) is 15.0 Å². The summed E-state index contributed by atoms with van der Waals surface area (Å²) in [5.41, 5.74) is 2.21. The van der Waals surface area contributed by atoms with Gasteiger partial charge in [-0.2, -0.15) is 0 Å². The zero-order valence-corrected chi connectivity index (χ0v) is 12.5. The first-order valence-electron chi connectivity index (χ1n) is 7.65. The van der Waals surface area contributed by atoms with Crippen LogP contribution in [0.5, 0.6) is 5.75 Å². The number of rotatable bonds is 1. The lowest BCUT2D eigenvalue weighted by Gasteiger charge is -2.31. The number of phenols is 1. The zero-order chi connectivity index (χ0) is 16.0. The molecule has 0 heterocycles. The van der Waals surface area contributed by atoms with Crippen LogP contribution in [0.4, 0.5) is 0 Å². The molecular formula is C20H16O3. The van der Waals surface area contributed by atoms with E-state index < -0.39 is 5.60 Å². The molecule has 2 aliphatic rings. The SMILES string of the molecule is O=C1c2cccc(O)c2Cc2c1cccc2C1(O)C=CC=CC1. The monoisotopic (exact) mass is 304 g/mol. The van der Waals surface area contributed by atoms with E-state index in [0.29, 0.717) is 29.5 Å². The molecule has 0 aliphatic heterocycles. The van der Waals surface area contributed by atoms with Crippen molar-refractivity contribution in [3.05, 3.63) is 88.5 Å². The molecule has 2 aliphatic carbocycles. The van der Waals surface area contributed by atoms with Crippen molar-refractivity contribution in [1.82, 2.24) is 0 Å². The van der Waals surface area contributed by atoms with Crippen LogP contribution in [0.3, 0.4) is 0 Å². The molecule has 0 radical (unpaired) electrons. The molecule has 0 saturated heterocycles. The fraction of sp³-hybridized carbons (Fsp3) is 0.150. The van der Waals surface area contributed by atoms with E-state index in [1.807, 2.05) is 30.4 Å². The van der Waals surface area contributed by atoms with Gasteiger partial charge in [0.15, 0.2) is 5.78 Å². The Balaban J connectivity index is 1.92. The van der Waals surface area contributed by atoms with Crippen LogP contribution < -0.4 is 0 Å². The lowest BCUT2D eigenvalue weighted by Crippen LogP contribution is -2.28. The van der Waals surface area contributed by atoms with Gasteiger partial charge in [0.2, 0.25) is 0 Å². The highest BCUT2D eigenvalue weighted by atomic mass is 16.3. The minimum absolute atomic E-state index is 0.0991. The Hall–Kier alpha value is -2.65. The fourth-order valence-electron chi connectivity index (χ4n) is 3.50. The van der Waals surface area contributed by atoms with Gasteiger partial charge in [-0.25, -0.2) is 0 Å². The molecule has 0 fully saturated rings. The molecule has 1 atom stereocenters. The van der Waals surface area contributed by atoms with Gasteiger partial charge in [-0.15, -0.1) is 0 Å². The molecule has 0 spiro atoms. The molecule has 114 valence electrons. The number of benzene rings is 2. The van der Waals surface area contributed by atoms with Crippen LogP contribution in [0.1, 0.15) is 39.0 Å². The van der Waals surface area contributed by atoms with Crippen molar-refractivity contribution >= 4 is 5.78 Å². The van der Waals surface area contributed by atoms with Gasteiger partial charge < -0.3 is 10.2 Å². The lowest BCUT2D eigenvalue weighted by atomic mass is 9.76. The number of hydrogen-bond acceptors (Lipinski definition) is 3. The van der Waals surface area contributed by atoms with Crippen molar-refractivity contribution < 1.29 is 15.0 Å². The Kier molecular flexibility index (Phi) is 3.00. The van der Waals surface area contributed by atoms with Gasteiger partial charge in [0.25, 0.3) is 0 Å². The second-order valence-electron chi connectivity index (χ2n) is 6.06. The third-order valence-corrected chi connectivity index (χ3v) is 4.68. The molecule has 4 rings (SSSR count). The van der Waals surface area contributed by atoms with Crippen molar-refractivity contribution in [2.24, 2.45) is 0 Å². The number of aliphatic hydroxyl groups is 1. The Morgan fingerprint density at radius 1 is 0.957 bits per heavy atom. The zero-order valence-electron chi connectivity index (χ0n) is 12.5. The van der Waals surface area contributed by atoms with Crippen molar-refractivity contribution in [3.8, 4) is 5.75 Å². The van der Waals surface area contributed by atoms with Gasteiger partial charge in [-0.3, -0.25) is 4.79 Å². The summed E-state index contributed by atoms with van der Waals surface area (Å²) in [6, 6.07) is 10.5. The van der Waals surface area contributed by atoms with Gasteiger partial charge in [-0.1, -0.05) is 48.6 Å². The molecule has 1 unspecified atom stereocenters. The third-order valence-electron chi connectivity index (χ3n) is 4.68. The summed E-state index contributed by atoms with van der Waals surface area (Å²) >= 11 is 0. The molecule has 0 bridgehead atoms. The summed E-state index contributed by atoms with van der Waals surface area (Å²) in [6.07, 6.45) is 8.30. The van der Waals surface area contributed by atoms with Crippen LogP contribution in [-0.2, 0) is 12.0 Å². The van der Waals surface area contributed by atoms with E-state index in [4.69, 9.17) is 0 Å². The number of ketones is 1. The summed E-state index contributed by atoms with van der Waals surface area (Å²) in [5, 5.41) is 21.1. The molecule has 3 nitrogen and oxygen atoms in total. The predicted molar refractivity (Wildman–Crippen MR) is 87.6 cm³/mol. The minimum Gasteiger partial charge on any atom is -0.508 e. The van der Waals surface area contributed by atoms with Gasteiger partial charge >= 0.3 is 0 Å². The Bertz CT molecular complexity index is 876. The molecule has 2 aromatic rings. The summed E-state index contributed by atoms with van der Waals surface area (Å²) in [6.45, 7) is 0. The largest absolute Gasteiger partial charge is 0.508 e. The highest BCUT2D eigenvalue weighted by molar-refractivity contribution is 6.13. The topological polar surface area (TPSA) is 57.5 Å². The molecule has 0 saturated carbocycles. The quantitative estimate of drug-likeness (QED) is 0.725. The number of aromatic hydroxyl groups is 1. The normalized spacial score (nSPS) is 21.9. The first kappa shape index (κ1) is 14.0. The van der Waals surface area contributed by atoms with Crippen molar-refractivity contribution in [1.29, 1.82) is 0 Å². The van der Waals surface area contributed by atoms with E-state index in [-0.39, 0.29) is 11.5 Å². The molecule has 3 heteroatoms. The minimum atomic E-state index is -1.11. The van der Waals surface area contributed by atoms with Crippen LogP contribution in [0, 0.1) is 0 Å². The van der Waals surface area contributed by atoms with Gasteiger partial charge in [0.05, 0.1) is 0 Å². The Morgan fingerprint density at radius 3 is 2.43 bits per heavy atom. The average molecular weight is 304 g/mol. The summed E-state index contributed by atoms with van der Waals surface area (Å²) in [7, 11) is 0. The van der Waals surface area contributed by atoms with Crippen molar-refractivity contribution in [2.45, 2.75) is 18.4 Å². The van der Waals surface area contributed by atoms with E-state index >= 15 is 0 Å². The van der Waals surface area contributed by atoms with Crippen LogP contribution in [0.25, 0.3) is 0 Å². The highest BCUT2D eigenvalue weighted by Crippen LogP contribution is 2.39. The van der Waals surface area contributed by atoms with Gasteiger partial charge in [0.1, 0.15) is 11.4 Å². The third kappa shape index (κ3) is 2.05. The number of carbonyl (C=O) groups is 1. The van der Waals surface area contributed by atoms with Crippen molar-refractivity contribution in [2.75, 3.05) is 0 Å². The van der Waals surface area contributed by atoms with Gasteiger partial charge in [-0.05, 0) is 23.3 Å². The number of phenolic OH excluding ortho intramolecular Hbond substituents is 1. The Morgan fingerprint density at radius 2 is 1.70 bits per heavy atom. The second kappa shape index (κ2) is 4.93. The second-order valence-corrected chi connectivity index (χ2v) is 6.06. The van der Waals surface area contributed by atoms with E-state index in [0.717, 1.165) is 11.1 Å². The summed E-state index contributed by atoms with van der Waals surface area (Å²) < 4.78 is 0. The summed E-state index contributed by atoms with van der Waals surface area (Å²) in [5.74, 6) is 0.0281. The lowest BCUT2D eigenvalue weighted by molar-refractivity contribution is 0.0903.